The Morgan fingerprint density at radius 3 is 2.25 bits per heavy atom. The Hall–Kier alpha value is -3.79. The number of carbonyl (C=O) groups is 3. The molecule has 1 N–H and O–H groups in total. The molecule has 0 aliphatic carbocycles. The maximum atomic E-state index is 13.4. The van der Waals surface area contributed by atoms with Crippen LogP contribution in [0.2, 0.25) is 5.02 Å². The predicted molar refractivity (Wildman–Crippen MR) is 146 cm³/mol. The van der Waals surface area contributed by atoms with Crippen LogP contribution in [0.5, 0.6) is 5.75 Å². The molecule has 3 atom stereocenters. The SMILES string of the molecule is COc1cc(N2C(=O)c3ccccc3C2=O)c(Cl)cc1C(=O)NC1C[C@H]2COC[C@@H](C1)N2Cc1ccc(F)cc1. The number of morpholine rings is 1. The fraction of sp³-hybridized carbons (Fsp3) is 0.300. The van der Waals surface area contributed by atoms with E-state index in [9.17, 15) is 18.8 Å². The number of nitrogens with zero attached hydrogens (tertiary/aromatic N) is 2. The van der Waals surface area contributed by atoms with Gasteiger partial charge >= 0.3 is 0 Å². The number of halogens is 2. The number of carbonyl (C=O) groups excluding carboxylic acids is 3. The molecule has 3 aliphatic heterocycles. The van der Waals surface area contributed by atoms with Crippen molar-refractivity contribution in [2.75, 3.05) is 25.2 Å². The smallest absolute Gasteiger partial charge is 0.266 e. The van der Waals surface area contributed by atoms with Crippen LogP contribution in [-0.2, 0) is 11.3 Å². The quantitative estimate of drug-likeness (QED) is 0.446. The van der Waals surface area contributed by atoms with Gasteiger partial charge in [-0.25, -0.2) is 9.29 Å². The van der Waals surface area contributed by atoms with Crippen molar-refractivity contribution in [1.29, 1.82) is 0 Å². The number of methoxy groups -OCH3 is 1. The summed E-state index contributed by atoms with van der Waals surface area (Å²) in [7, 11) is 1.42. The van der Waals surface area contributed by atoms with E-state index in [1.807, 2.05) is 0 Å². The van der Waals surface area contributed by atoms with E-state index < -0.39 is 11.8 Å². The molecule has 3 aliphatic rings. The van der Waals surface area contributed by atoms with E-state index in [1.54, 1.807) is 36.4 Å². The fourth-order valence-corrected chi connectivity index (χ4v) is 6.15. The van der Waals surface area contributed by atoms with Gasteiger partial charge in [-0.1, -0.05) is 35.9 Å². The number of nitrogens with one attached hydrogen (secondary N) is 1. The number of ether oxygens (including phenoxy) is 2. The lowest BCUT2D eigenvalue weighted by Gasteiger charge is -2.48. The Bertz CT molecular complexity index is 1450. The number of amides is 3. The molecule has 2 bridgehead atoms. The second-order valence-electron chi connectivity index (χ2n) is 10.3. The lowest BCUT2D eigenvalue weighted by Crippen LogP contribution is -2.60. The number of hydrogen-bond acceptors (Lipinski definition) is 6. The summed E-state index contributed by atoms with van der Waals surface area (Å²) in [5.41, 5.74) is 1.98. The van der Waals surface area contributed by atoms with Crippen LogP contribution in [0, 0.1) is 5.82 Å². The maximum absolute atomic E-state index is 13.4. The van der Waals surface area contributed by atoms with Gasteiger partial charge < -0.3 is 14.8 Å². The van der Waals surface area contributed by atoms with E-state index >= 15 is 0 Å². The number of imide groups is 1. The summed E-state index contributed by atoms with van der Waals surface area (Å²) < 4.78 is 24.7. The van der Waals surface area contributed by atoms with E-state index in [1.165, 1.54) is 31.4 Å². The second kappa shape index (κ2) is 10.6. The molecule has 3 heterocycles. The summed E-state index contributed by atoms with van der Waals surface area (Å²) in [6, 6.07) is 16.1. The summed E-state index contributed by atoms with van der Waals surface area (Å²) in [6.45, 7) is 1.78. The summed E-state index contributed by atoms with van der Waals surface area (Å²) in [5.74, 6) is -1.39. The minimum absolute atomic E-state index is 0.0832. The highest BCUT2D eigenvalue weighted by molar-refractivity contribution is 6.40. The van der Waals surface area contributed by atoms with Gasteiger partial charge in [0, 0.05) is 30.7 Å². The van der Waals surface area contributed by atoms with Crippen molar-refractivity contribution in [2.24, 2.45) is 0 Å². The number of benzene rings is 3. The first kappa shape index (κ1) is 26.4. The van der Waals surface area contributed by atoms with Crippen LogP contribution in [0.1, 0.15) is 49.5 Å². The Labute approximate surface area is 235 Å². The average molecular weight is 564 g/mol. The second-order valence-corrected chi connectivity index (χ2v) is 10.7. The molecule has 40 heavy (non-hydrogen) atoms. The van der Waals surface area contributed by atoms with Crippen LogP contribution < -0.4 is 15.0 Å². The fourth-order valence-electron chi connectivity index (χ4n) is 5.90. The molecule has 0 radical (unpaired) electrons. The number of hydrogen-bond donors (Lipinski definition) is 1. The number of piperidine rings is 1. The summed E-state index contributed by atoms with van der Waals surface area (Å²) >= 11 is 6.55. The van der Waals surface area contributed by atoms with Crippen molar-refractivity contribution in [3.8, 4) is 5.75 Å². The molecule has 0 spiro atoms. The summed E-state index contributed by atoms with van der Waals surface area (Å²) in [5, 5.41) is 3.20. The number of fused-ring (bicyclic) bond motifs is 3. The number of anilines is 1. The van der Waals surface area contributed by atoms with Crippen LogP contribution >= 0.6 is 11.6 Å². The molecule has 3 aromatic rings. The van der Waals surface area contributed by atoms with Gasteiger partial charge in [0.05, 0.1) is 47.7 Å². The monoisotopic (exact) mass is 563 g/mol. The van der Waals surface area contributed by atoms with Crippen molar-refractivity contribution in [2.45, 2.75) is 37.5 Å². The van der Waals surface area contributed by atoms with Gasteiger partial charge in [-0.2, -0.15) is 0 Å². The highest BCUT2D eigenvalue weighted by Gasteiger charge is 2.40. The van der Waals surface area contributed by atoms with Gasteiger partial charge in [-0.3, -0.25) is 19.3 Å². The van der Waals surface area contributed by atoms with Crippen LogP contribution in [0.15, 0.2) is 60.7 Å². The third kappa shape index (κ3) is 4.74. The van der Waals surface area contributed by atoms with Crippen molar-refractivity contribution < 1.29 is 28.2 Å². The van der Waals surface area contributed by atoms with E-state index in [0.717, 1.165) is 10.5 Å². The van der Waals surface area contributed by atoms with Gasteiger partial charge in [0.1, 0.15) is 11.6 Å². The summed E-state index contributed by atoms with van der Waals surface area (Å²) in [4.78, 5) is 42.8. The molecule has 6 rings (SSSR count). The molecular weight excluding hydrogens is 537 g/mol. The zero-order valence-corrected chi connectivity index (χ0v) is 22.5. The Balaban J connectivity index is 1.18. The van der Waals surface area contributed by atoms with Crippen LogP contribution in [0.4, 0.5) is 10.1 Å². The van der Waals surface area contributed by atoms with Crippen molar-refractivity contribution in [3.63, 3.8) is 0 Å². The first-order valence-electron chi connectivity index (χ1n) is 13.1. The van der Waals surface area contributed by atoms with Gasteiger partial charge in [-0.15, -0.1) is 0 Å². The van der Waals surface area contributed by atoms with Crippen LogP contribution in [-0.4, -0.2) is 61.1 Å². The highest BCUT2D eigenvalue weighted by Crippen LogP contribution is 2.38. The molecule has 2 fully saturated rings. The zero-order valence-electron chi connectivity index (χ0n) is 21.7. The lowest BCUT2D eigenvalue weighted by atomic mass is 9.89. The van der Waals surface area contributed by atoms with Gasteiger partial charge in [0.25, 0.3) is 17.7 Å². The molecule has 2 saturated heterocycles. The van der Waals surface area contributed by atoms with E-state index in [0.29, 0.717) is 43.7 Å². The minimum atomic E-state index is -0.483. The maximum Gasteiger partial charge on any atom is 0.266 e. The van der Waals surface area contributed by atoms with Crippen LogP contribution in [0.3, 0.4) is 0 Å². The Morgan fingerprint density at radius 1 is 1.02 bits per heavy atom. The third-order valence-electron chi connectivity index (χ3n) is 7.83. The van der Waals surface area contributed by atoms with Gasteiger partial charge in [0.2, 0.25) is 0 Å². The van der Waals surface area contributed by atoms with E-state index in [2.05, 4.69) is 10.2 Å². The molecule has 3 amide bonds. The van der Waals surface area contributed by atoms with Crippen molar-refractivity contribution in [3.05, 3.63) is 93.8 Å². The number of rotatable bonds is 6. The normalized spacial score (nSPS) is 22.3. The van der Waals surface area contributed by atoms with Crippen molar-refractivity contribution >= 4 is 35.0 Å². The molecular formula is C30H27ClFN3O5. The topological polar surface area (TPSA) is 88.2 Å². The first-order valence-corrected chi connectivity index (χ1v) is 13.5. The first-order chi connectivity index (χ1) is 19.3. The minimum Gasteiger partial charge on any atom is -0.496 e. The molecule has 0 saturated carbocycles. The largest absolute Gasteiger partial charge is 0.496 e. The van der Waals surface area contributed by atoms with Gasteiger partial charge in [0.15, 0.2) is 0 Å². The Morgan fingerprint density at radius 2 is 1.65 bits per heavy atom. The van der Waals surface area contributed by atoms with Crippen molar-refractivity contribution in [1.82, 2.24) is 10.2 Å². The Kier molecular flexibility index (Phi) is 7.04. The molecule has 8 nitrogen and oxygen atoms in total. The molecule has 10 heteroatoms. The van der Waals surface area contributed by atoms with Gasteiger partial charge in [-0.05, 0) is 48.7 Å². The molecule has 1 unspecified atom stereocenters. The molecule has 0 aromatic heterocycles. The van der Waals surface area contributed by atoms with E-state index in [4.69, 9.17) is 21.1 Å². The third-order valence-corrected chi connectivity index (χ3v) is 8.14. The lowest BCUT2D eigenvalue weighted by molar-refractivity contribution is -0.0843. The molecule has 206 valence electrons. The summed E-state index contributed by atoms with van der Waals surface area (Å²) in [6.07, 6.45) is 1.37. The predicted octanol–water partition coefficient (Wildman–Crippen LogP) is 4.45. The van der Waals surface area contributed by atoms with Crippen LogP contribution in [0.25, 0.3) is 0 Å². The average Bonchev–Trinajstić information content (AvgIpc) is 3.19. The zero-order chi connectivity index (χ0) is 28.0. The van der Waals surface area contributed by atoms with E-state index in [-0.39, 0.29) is 51.9 Å². The highest BCUT2D eigenvalue weighted by atomic mass is 35.5. The standard InChI is InChI=1S/C30H27ClFN3O5/c1-39-27-13-26(35-29(37)22-4-2-3-5-23(22)30(35)38)25(31)12-24(27)28(36)33-19-10-20-15-40-16-21(11-19)34(20)14-17-6-8-18(32)9-7-17/h2-9,12-13,19-21H,10-11,14-16H2,1H3,(H,33,36)/t19?,20-,21+. The molecule has 3 aromatic carbocycles.